The number of nitrogens with zero attached hydrogens (tertiary/aromatic N) is 9. The zero-order valence-corrected chi connectivity index (χ0v) is 59.9. The van der Waals surface area contributed by atoms with E-state index in [0.29, 0.717) is 45.3 Å². The van der Waals surface area contributed by atoms with Crippen LogP contribution in [0.3, 0.4) is 0 Å². The molecule has 3 aliphatic rings. The van der Waals surface area contributed by atoms with E-state index in [2.05, 4.69) is 43.0 Å². The van der Waals surface area contributed by atoms with Crippen molar-refractivity contribution in [2.45, 2.75) is 156 Å². The summed E-state index contributed by atoms with van der Waals surface area (Å²) in [5, 5.41) is 10.2. The van der Waals surface area contributed by atoms with Crippen LogP contribution in [0.25, 0.3) is 33.1 Å². The Kier molecular flexibility index (Phi) is 26.8. The van der Waals surface area contributed by atoms with Crippen LogP contribution in [0.2, 0.25) is 20.6 Å². The fourth-order valence-electron chi connectivity index (χ4n) is 9.09. The number of aliphatic hydroxyl groups is 1. The Balaban J connectivity index is 0.000000265. The summed E-state index contributed by atoms with van der Waals surface area (Å²) in [5.74, 6) is -0.130. The van der Waals surface area contributed by atoms with Crippen LogP contribution < -0.4 is 14.2 Å². The van der Waals surface area contributed by atoms with Crippen LogP contribution >= 0.6 is 46.4 Å². The Hall–Kier alpha value is -6.26. The van der Waals surface area contributed by atoms with Crippen LogP contribution in [0.1, 0.15) is 99.6 Å². The van der Waals surface area contributed by atoms with Crippen molar-refractivity contribution in [1.29, 1.82) is 1.34 Å². The first kappa shape index (κ1) is 74.5. The number of Topliss-reactive ketones (excluding diaryl/α,β-unsaturated/α-hetero) is 1. The van der Waals surface area contributed by atoms with Crippen molar-refractivity contribution in [3.8, 4) is 17.5 Å². The molecule has 6 aromatic rings. The molecule has 3 amide bonds. The van der Waals surface area contributed by atoms with Gasteiger partial charge in [-0.1, -0.05) is 58.5 Å². The molecule has 1 N–H and O–H groups in total. The molecule has 3 aromatic carbocycles. The van der Waals surface area contributed by atoms with Gasteiger partial charge in [-0.2, -0.15) is 0 Å². The molecule has 90 heavy (non-hydrogen) atoms. The molecule has 6 atom stereocenters. The van der Waals surface area contributed by atoms with Crippen molar-refractivity contribution in [3.05, 3.63) is 86.3 Å². The number of carbonyl (C=O) groups is 6. The number of aryl methyl sites for hydroxylation is 2. The fraction of sp³-hybridized carbons (Fsp3) is 0.500. The molecule has 3 aromatic heterocycles. The fourth-order valence-corrected chi connectivity index (χ4v) is 9.71. The van der Waals surface area contributed by atoms with Crippen LogP contribution in [-0.2, 0) is 38.1 Å². The third-order valence-electron chi connectivity index (χ3n) is 12.9. The maximum absolute atomic E-state index is 12.5. The van der Waals surface area contributed by atoms with E-state index in [9.17, 15) is 33.9 Å². The summed E-state index contributed by atoms with van der Waals surface area (Å²) in [4.78, 5) is 102. The van der Waals surface area contributed by atoms with E-state index in [-0.39, 0.29) is 102 Å². The van der Waals surface area contributed by atoms with Gasteiger partial charge in [-0.15, -0.1) is 0 Å². The van der Waals surface area contributed by atoms with Gasteiger partial charge in [-0.3, -0.25) is 19.5 Å². The van der Waals surface area contributed by atoms with Crippen molar-refractivity contribution in [2.24, 2.45) is 0 Å². The summed E-state index contributed by atoms with van der Waals surface area (Å²) in [6, 6.07) is 14.5. The van der Waals surface area contributed by atoms with E-state index in [1.54, 1.807) is 87.6 Å². The summed E-state index contributed by atoms with van der Waals surface area (Å²) in [7, 11) is 7.86. The normalized spacial score (nSPS) is 18.7. The number of ketones is 1. The molecule has 9 rings (SSSR count). The van der Waals surface area contributed by atoms with Gasteiger partial charge in [0, 0.05) is 64.8 Å². The maximum Gasteiger partial charge on any atom is 0.411 e. The van der Waals surface area contributed by atoms with E-state index in [1.165, 1.54) is 35.8 Å². The van der Waals surface area contributed by atoms with Crippen molar-refractivity contribution in [3.63, 3.8) is 0 Å². The summed E-state index contributed by atoms with van der Waals surface area (Å²) in [6.45, 7) is 21.7. The maximum atomic E-state index is 12.5. The van der Waals surface area contributed by atoms with Gasteiger partial charge in [-0.25, -0.2) is 53.9 Å². The summed E-state index contributed by atoms with van der Waals surface area (Å²) >= 11 is 23.9. The number of methoxy groups -OCH3 is 3. The number of halogens is 4. The molecular weight excluding hydrogens is 1480 g/mol. The number of ether oxygens (including phenoxy) is 8. The first-order valence-electron chi connectivity index (χ1n) is 28.3. The minimum absolute atomic E-state index is 0. The number of amides is 3. The number of aromatic nitrogens is 6. The predicted molar refractivity (Wildman–Crippen MR) is 335 cm³/mol. The first-order valence-corrected chi connectivity index (χ1v) is 29.3. The Morgan fingerprint density at radius 3 is 1.29 bits per heavy atom. The van der Waals surface area contributed by atoms with Crippen molar-refractivity contribution in [1.82, 2.24) is 44.6 Å². The van der Waals surface area contributed by atoms with Gasteiger partial charge in [0.2, 0.25) is 0 Å². The largest absolute Gasteiger partial charge is 0.497 e. The number of hydrogen-bond donors (Lipinski definition) is 1. The number of esters is 2. The van der Waals surface area contributed by atoms with Crippen LogP contribution in [0.4, 0.5) is 14.4 Å². The second kappa shape index (κ2) is 32.3. The van der Waals surface area contributed by atoms with Crippen molar-refractivity contribution in [2.75, 3.05) is 41.0 Å². The second-order valence-electron chi connectivity index (χ2n) is 23.7. The molecule has 0 aliphatic carbocycles. The zero-order chi connectivity index (χ0) is 67.3. The average molecular weight is 1550 g/mol. The molecular formula is C60H74BCl4N9O15U. The van der Waals surface area contributed by atoms with E-state index in [0.717, 1.165) is 11.1 Å². The van der Waals surface area contributed by atoms with E-state index < -0.39 is 83.5 Å². The molecule has 0 spiro atoms. The second-order valence-corrected chi connectivity index (χ2v) is 25.2. The number of likely N-dealkylation sites (tertiary alicyclic amines) is 3. The number of hydrogen-bond acceptors (Lipinski definition) is 21. The minimum Gasteiger partial charge on any atom is -0.497 e. The summed E-state index contributed by atoms with van der Waals surface area (Å²) < 4.78 is 47.6. The summed E-state index contributed by atoms with van der Waals surface area (Å²) in [6.07, 6.45) is -2.65. The van der Waals surface area contributed by atoms with Crippen LogP contribution in [0.15, 0.2) is 54.6 Å². The molecule has 24 nitrogen and oxygen atoms in total. The molecule has 3 aliphatic heterocycles. The third-order valence-corrected chi connectivity index (χ3v) is 14.1. The number of benzene rings is 3. The first-order chi connectivity index (χ1) is 42.0. The van der Waals surface area contributed by atoms with Gasteiger partial charge < -0.3 is 43.0 Å². The molecule has 30 heteroatoms. The van der Waals surface area contributed by atoms with Gasteiger partial charge in [-0.05, 0) is 132 Å². The Bertz CT molecular complexity index is 3570. The minimum atomic E-state index is -0.810. The number of carbonyl (C=O) groups excluding carboxylic acids is 6. The van der Waals surface area contributed by atoms with Crippen LogP contribution in [-0.4, -0.2) is 190 Å². The monoisotopic (exact) mass is 1550 g/mol. The van der Waals surface area contributed by atoms with E-state index >= 15 is 0 Å². The van der Waals surface area contributed by atoms with Gasteiger partial charge in [0.25, 0.3) is 11.8 Å². The van der Waals surface area contributed by atoms with Crippen LogP contribution in [0.5, 0.6) is 17.5 Å². The quantitative estimate of drug-likeness (QED) is 0.0842. The number of aliphatic hydroxyl groups excluding tert-OH is 1. The smallest absolute Gasteiger partial charge is 0.411 e. The third kappa shape index (κ3) is 21.4. The molecule has 1 unspecified atom stereocenters. The van der Waals surface area contributed by atoms with E-state index in [1.807, 2.05) is 50.2 Å². The molecule has 484 valence electrons. The predicted octanol–water partition coefficient (Wildman–Crippen LogP) is 10.3. The number of β-amino-alcohol motifs (C(OH)–C–C–N with tert-alkyl or cyclic N) is 1. The summed E-state index contributed by atoms with van der Waals surface area (Å²) in [5.41, 5.74) is 4.12. The molecule has 3 saturated heterocycles. The van der Waals surface area contributed by atoms with Gasteiger partial charge in [0.1, 0.15) is 46.8 Å². The van der Waals surface area contributed by atoms with Crippen molar-refractivity contribution >= 4 is 124 Å². The molecule has 0 bridgehead atoms. The Labute approximate surface area is 569 Å². The van der Waals surface area contributed by atoms with Crippen LogP contribution in [0, 0.1) is 45.0 Å². The van der Waals surface area contributed by atoms with Gasteiger partial charge in [0.05, 0.1) is 86.2 Å². The molecule has 0 saturated carbocycles. The molecule has 6 heterocycles. The molecule has 2 radical (unpaired) electrons. The average Bonchev–Trinajstić information content (AvgIpc) is 1.91. The Morgan fingerprint density at radius 2 is 0.856 bits per heavy atom. The SMILES string of the molecule is CC(=O)[C@@H]1C[C@@H](Oc2nc3cc(C)ccc3nc2Cl)CN1C(=O)OC(C)(C)C.COC(=O)[C@@H]1CC(Oc2nc3ccc(C)cc3nc2Cl)CN1C(=O)OC(C)(C)C.COC(=O)[C@@H]1C[C@@H](O)CN1C(=O)OC(C)(C)C.COc1ccc2nc(Cl)c(Cl)nc2c1.[2H][B].[U]. The van der Waals surface area contributed by atoms with E-state index in [4.69, 9.17) is 80.9 Å². The topological polar surface area (TPSA) is 284 Å². The Morgan fingerprint density at radius 1 is 0.511 bits per heavy atom. The molecule has 3 fully saturated rings. The number of rotatable bonds is 8. The standard InChI is InChI=1S/C20H24ClN3O5.C20H24ClN3O4.C11H19NO5.C9H6Cl2N2O.BH.U/c1-11-6-7-13-14(8-11)22-16(21)17(23-13)28-12-9-15(18(25)27-5)24(10-12)19(26)29-20(2,3)4;1-11-6-7-14-15(8-11)23-18(17(21)22-14)27-13-9-16(12(2)25)24(10-13)19(26)28-20(3,4)5;1-11(2,3)17-10(15)12-6-7(13)5-8(12)9(14)16-4;1-14-5-2-3-6-7(4-5)13-9(11)8(10)12-6;;/h6-8,12,15H,9-10H2,1-5H3;6-8,13,16H,9-10H2,1-5H3;7-8,13H,5-6H2,1-4H3;2-4H,1H3;1H;/t12?,15-;13-,16+;7-,8+;;;/m011.../s1/i;;;;1D;. The van der Waals surface area contributed by atoms with Gasteiger partial charge >= 0.3 is 30.2 Å². The van der Waals surface area contributed by atoms with Gasteiger partial charge in [0.15, 0.2) is 26.4 Å². The van der Waals surface area contributed by atoms with Crippen molar-refractivity contribution < 1.29 is 103 Å². The zero-order valence-electron chi connectivity index (χ0n) is 53.7. The number of fused-ring (bicyclic) bond motifs is 3.